The van der Waals surface area contributed by atoms with Gasteiger partial charge in [-0.15, -0.1) is 0 Å². The van der Waals surface area contributed by atoms with Gasteiger partial charge in [0.2, 0.25) is 0 Å². The SMILES string of the molecule is CC(C)C[C@@H](NC(=O)c1cc([N+](=O)[O-])ccc1Cl)C(=O)O. The highest BCUT2D eigenvalue weighted by molar-refractivity contribution is 6.34. The minimum Gasteiger partial charge on any atom is -0.480 e. The Labute approximate surface area is 126 Å². The highest BCUT2D eigenvalue weighted by atomic mass is 35.5. The zero-order chi connectivity index (χ0) is 16.2. The molecule has 1 aromatic rings. The van der Waals surface area contributed by atoms with Crippen LogP contribution in [0.2, 0.25) is 5.02 Å². The average Bonchev–Trinajstić information content (AvgIpc) is 2.37. The molecule has 114 valence electrons. The minimum absolute atomic E-state index is 0.0202. The van der Waals surface area contributed by atoms with Gasteiger partial charge in [0.1, 0.15) is 6.04 Å². The van der Waals surface area contributed by atoms with Crippen molar-refractivity contribution in [2.75, 3.05) is 0 Å². The van der Waals surface area contributed by atoms with Crippen LogP contribution in [0.25, 0.3) is 0 Å². The Balaban J connectivity index is 2.99. The first-order chi connectivity index (χ1) is 9.72. The summed E-state index contributed by atoms with van der Waals surface area (Å²) in [5, 5.41) is 22.1. The number of amides is 1. The first-order valence-electron chi connectivity index (χ1n) is 6.20. The lowest BCUT2D eigenvalue weighted by Crippen LogP contribution is -2.41. The van der Waals surface area contributed by atoms with E-state index in [1.807, 2.05) is 13.8 Å². The largest absolute Gasteiger partial charge is 0.480 e. The first kappa shape index (κ1) is 16.9. The molecule has 1 rings (SSSR count). The summed E-state index contributed by atoms with van der Waals surface area (Å²) in [5.41, 5.74) is -0.416. The topological polar surface area (TPSA) is 110 Å². The number of non-ortho nitro benzene ring substituents is 1. The van der Waals surface area contributed by atoms with Crippen molar-refractivity contribution in [3.8, 4) is 0 Å². The van der Waals surface area contributed by atoms with Gasteiger partial charge in [-0.3, -0.25) is 14.9 Å². The van der Waals surface area contributed by atoms with E-state index in [1.165, 1.54) is 12.1 Å². The molecule has 0 aliphatic carbocycles. The van der Waals surface area contributed by atoms with Crippen LogP contribution in [-0.4, -0.2) is 27.9 Å². The molecule has 0 saturated carbocycles. The number of carboxylic acids is 1. The van der Waals surface area contributed by atoms with Gasteiger partial charge < -0.3 is 10.4 Å². The quantitative estimate of drug-likeness (QED) is 0.619. The molecule has 0 heterocycles. The summed E-state index contributed by atoms with van der Waals surface area (Å²) in [6.45, 7) is 3.64. The van der Waals surface area contributed by atoms with Crippen LogP contribution in [0, 0.1) is 16.0 Å². The van der Waals surface area contributed by atoms with Crippen molar-refractivity contribution in [3.63, 3.8) is 0 Å². The molecule has 1 amide bonds. The summed E-state index contributed by atoms with van der Waals surface area (Å²) in [6, 6.07) is 2.34. The summed E-state index contributed by atoms with van der Waals surface area (Å²) in [4.78, 5) is 33.2. The Kier molecular flexibility index (Phi) is 5.66. The predicted octanol–water partition coefficient (Wildman–Crippen LogP) is 2.48. The van der Waals surface area contributed by atoms with Crippen molar-refractivity contribution in [1.29, 1.82) is 0 Å². The van der Waals surface area contributed by atoms with Crippen LogP contribution in [0.3, 0.4) is 0 Å². The zero-order valence-electron chi connectivity index (χ0n) is 11.5. The Bertz CT molecular complexity index is 574. The van der Waals surface area contributed by atoms with Gasteiger partial charge in [-0.05, 0) is 18.4 Å². The summed E-state index contributed by atoms with van der Waals surface area (Å²) in [6.07, 6.45) is 0.244. The van der Waals surface area contributed by atoms with E-state index in [9.17, 15) is 19.7 Å². The molecule has 1 atom stereocenters. The number of nitrogens with one attached hydrogen (secondary N) is 1. The number of hydrogen-bond acceptors (Lipinski definition) is 4. The number of nitrogens with zero attached hydrogens (tertiary/aromatic N) is 1. The first-order valence-corrected chi connectivity index (χ1v) is 6.57. The highest BCUT2D eigenvalue weighted by Gasteiger charge is 2.24. The van der Waals surface area contributed by atoms with E-state index in [0.717, 1.165) is 6.07 Å². The number of nitro groups is 1. The van der Waals surface area contributed by atoms with Crippen molar-refractivity contribution < 1.29 is 19.6 Å². The molecule has 0 bridgehead atoms. The van der Waals surface area contributed by atoms with E-state index in [4.69, 9.17) is 16.7 Å². The van der Waals surface area contributed by atoms with Gasteiger partial charge in [0.05, 0.1) is 15.5 Å². The molecule has 2 N–H and O–H groups in total. The van der Waals surface area contributed by atoms with Crippen molar-refractivity contribution >= 4 is 29.2 Å². The molecule has 0 unspecified atom stereocenters. The second-order valence-electron chi connectivity index (χ2n) is 4.92. The lowest BCUT2D eigenvalue weighted by atomic mass is 10.0. The fourth-order valence-corrected chi connectivity index (χ4v) is 1.93. The van der Waals surface area contributed by atoms with E-state index in [0.29, 0.717) is 0 Å². The molecule has 0 saturated heterocycles. The third kappa shape index (κ3) is 4.71. The van der Waals surface area contributed by atoms with Crippen molar-refractivity contribution in [2.45, 2.75) is 26.3 Å². The predicted molar refractivity (Wildman–Crippen MR) is 76.5 cm³/mol. The van der Waals surface area contributed by atoms with Crippen LogP contribution < -0.4 is 5.32 Å². The number of halogens is 1. The van der Waals surface area contributed by atoms with Crippen LogP contribution in [0.4, 0.5) is 5.69 Å². The molecule has 0 radical (unpaired) electrons. The zero-order valence-corrected chi connectivity index (χ0v) is 12.3. The molecule has 0 aliphatic rings. The van der Waals surface area contributed by atoms with Gasteiger partial charge in [0, 0.05) is 12.1 Å². The van der Waals surface area contributed by atoms with Crippen molar-refractivity contribution in [1.82, 2.24) is 5.32 Å². The molecule has 0 aromatic heterocycles. The van der Waals surface area contributed by atoms with E-state index in [1.54, 1.807) is 0 Å². The van der Waals surface area contributed by atoms with Crippen molar-refractivity contribution in [2.24, 2.45) is 5.92 Å². The summed E-state index contributed by atoms with van der Waals surface area (Å²) >= 11 is 5.83. The van der Waals surface area contributed by atoms with Crippen LogP contribution in [0.5, 0.6) is 0 Å². The molecule has 0 aliphatic heterocycles. The van der Waals surface area contributed by atoms with Gasteiger partial charge in [-0.25, -0.2) is 4.79 Å². The second-order valence-corrected chi connectivity index (χ2v) is 5.32. The van der Waals surface area contributed by atoms with Crippen molar-refractivity contribution in [3.05, 3.63) is 38.9 Å². The molecule has 7 nitrogen and oxygen atoms in total. The fraction of sp³-hybridized carbons (Fsp3) is 0.385. The Morgan fingerprint density at radius 3 is 2.52 bits per heavy atom. The molecule has 0 spiro atoms. The van der Waals surface area contributed by atoms with Crippen LogP contribution in [-0.2, 0) is 4.79 Å². The Morgan fingerprint density at radius 1 is 1.43 bits per heavy atom. The average molecular weight is 315 g/mol. The highest BCUT2D eigenvalue weighted by Crippen LogP contribution is 2.22. The fourth-order valence-electron chi connectivity index (χ4n) is 1.73. The molecule has 8 heteroatoms. The smallest absolute Gasteiger partial charge is 0.326 e. The normalized spacial score (nSPS) is 12.0. The third-order valence-electron chi connectivity index (χ3n) is 2.72. The number of carbonyl (C=O) groups excluding carboxylic acids is 1. The van der Waals surface area contributed by atoms with E-state index in [-0.39, 0.29) is 28.6 Å². The summed E-state index contributed by atoms with van der Waals surface area (Å²) < 4.78 is 0. The van der Waals surface area contributed by atoms with Crippen LogP contribution in [0.1, 0.15) is 30.6 Å². The molecule has 1 aromatic carbocycles. The van der Waals surface area contributed by atoms with Gasteiger partial charge >= 0.3 is 5.97 Å². The number of carboxylic acid groups (broad SMARTS) is 1. The lowest BCUT2D eigenvalue weighted by molar-refractivity contribution is -0.384. The minimum atomic E-state index is -1.17. The number of hydrogen-bond donors (Lipinski definition) is 2. The van der Waals surface area contributed by atoms with E-state index < -0.39 is 22.8 Å². The van der Waals surface area contributed by atoms with Gasteiger partial charge in [0.25, 0.3) is 11.6 Å². The van der Waals surface area contributed by atoms with Gasteiger partial charge in [-0.1, -0.05) is 25.4 Å². The van der Waals surface area contributed by atoms with E-state index >= 15 is 0 Å². The molecular formula is C13H15ClN2O5. The summed E-state index contributed by atoms with van der Waals surface area (Å²) in [7, 11) is 0. The maximum atomic E-state index is 12.1. The van der Waals surface area contributed by atoms with Crippen LogP contribution >= 0.6 is 11.6 Å². The molecule has 0 fully saturated rings. The second kappa shape index (κ2) is 7.03. The number of rotatable bonds is 6. The standard InChI is InChI=1S/C13H15ClN2O5/c1-7(2)5-11(13(18)19)15-12(17)9-6-8(16(20)21)3-4-10(9)14/h3-4,6-7,11H,5H2,1-2H3,(H,15,17)(H,18,19)/t11-/m1/s1. The maximum absolute atomic E-state index is 12.1. The van der Waals surface area contributed by atoms with E-state index in [2.05, 4.69) is 5.32 Å². The Hall–Kier alpha value is -2.15. The van der Waals surface area contributed by atoms with Gasteiger partial charge in [-0.2, -0.15) is 0 Å². The third-order valence-corrected chi connectivity index (χ3v) is 3.05. The maximum Gasteiger partial charge on any atom is 0.326 e. The molecular weight excluding hydrogens is 300 g/mol. The van der Waals surface area contributed by atoms with Gasteiger partial charge in [0.15, 0.2) is 0 Å². The number of aliphatic carboxylic acids is 1. The monoisotopic (exact) mass is 314 g/mol. The summed E-state index contributed by atoms with van der Waals surface area (Å²) in [5.74, 6) is -1.86. The molecule has 21 heavy (non-hydrogen) atoms. The lowest BCUT2D eigenvalue weighted by Gasteiger charge is -2.16. The Morgan fingerprint density at radius 2 is 2.05 bits per heavy atom. The number of benzene rings is 1. The van der Waals surface area contributed by atoms with Crippen LogP contribution in [0.15, 0.2) is 18.2 Å². The number of carbonyl (C=O) groups is 2. The number of nitro benzene ring substituents is 1.